The van der Waals surface area contributed by atoms with Crippen molar-refractivity contribution in [1.82, 2.24) is 0 Å². The van der Waals surface area contributed by atoms with Gasteiger partial charge in [-0.1, -0.05) is 48.5 Å². The Bertz CT molecular complexity index is 1070. The van der Waals surface area contributed by atoms with Gasteiger partial charge in [-0.15, -0.1) is 0 Å². The van der Waals surface area contributed by atoms with E-state index in [2.05, 4.69) is 0 Å². The van der Waals surface area contributed by atoms with Crippen LogP contribution in [0.25, 0.3) is 21.7 Å². The highest BCUT2D eigenvalue weighted by atomic mass is 16.5. The summed E-state index contributed by atoms with van der Waals surface area (Å²) in [4.78, 5) is 12.5. The van der Waals surface area contributed by atoms with E-state index in [1.807, 2.05) is 68.4 Å². The second-order valence-corrected chi connectivity index (χ2v) is 5.93. The fourth-order valence-corrected chi connectivity index (χ4v) is 2.98. The zero-order valence-corrected chi connectivity index (χ0v) is 13.5. The average molecular weight is 316 g/mol. The predicted molar refractivity (Wildman–Crippen MR) is 94.6 cm³/mol. The SMILES string of the molecule is Cc1cccc(OC(=O)c2oc3c(ccc4ccccc43)c2C)c1. The Labute approximate surface area is 139 Å². The molecule has 4 rings (SSSR count). The third-order valence-electron chi connectivity index (χ3n) is 4.21. The number of benzene rings is 3. The number of carbonyl (C=O) groups is 1. The van der Waals surface area contributed by atoms with Gasteiger partial charge in [0.25, 0.3) is 0 Å². The summed E-state index contributed by atoms with van der Waals surface area (Å²) in [6.45, 7) is 3.84. The van der Waals surface area contributed by atoms with Gasteiger partial charge in [0.05, 0.1) is 0 Å². The molecule has 0 aliphatic rings. The lowest BCUT2D eigenvalue weighted by Gasteiger charge is -2.03. The number of fused-ring (bicyclic) bond motifs is 3. The van der Waals surface area contributed by atoms with Gasteiger partial charge in [0, 0.05) is 16.3 Å². The standard InChI is InChI=1S/C21H16O3/c1-13-6-5-8-16(12-13)23-21(22)19-14(2)17-11-10-15-7-3-4-9-18(15)20(17)24-19/h3-12H,1-2H3. The molecule has 3 nitrogen and oxygen atoms in total. The van der Waals surface area contributed by atoms with Gasteiger partial charge in [-0.25, -0.2) is 4.79 Å². The molecule has 3 aromatic carbocycles. The summed E-state index contributed by atoms with van der Waals surface area (Å²) >= 11 is 0. The number of furan rings is 1. The maximum Gasteiger partial charge on any atom is 0.379 e. The van der Waals surface area contributed by atoms with Crippen LogP contribution in [-0.2, 0) is 0 Å². The summed E-state index contributed by atoms with van der Waals surface area (Å²) in [7, 11) is 0. The van der Waals surface area contributed by atoms with Gasteiger partial charge in [-0.2, -0.15) is 0 Å². The first kappa shape index (κ1) is 14.5. The maximum absolute atomic E-state index is 12.5. The van der Waals surface area contributed by atoms with E-state index in [4.69, 9.17) is 9.15 Å². The highest BCUT2D eigenvalue weighted by Crippen LogP contribution is 2.32. The van der Waals surface area contributed by atoms with Crippen molar-refractivity contribution in [3.05, 3.63) is 77.6 Å². The van der Waals surface area contributed by atoms with E-state index < -0.39 is 5.97 Å². The normalized spacial score (nSPS) is 11.1. The largest absolute Gasteiger partial charge is 0.448 e. The van der Waals surface area contributed by atoms with Gasteiger partial charge in [0.15, 0.2) is 0 Å². The first-order valence-corrected chi connectivity index (χ1v) is 7.83. The Kier molecular flexibility index (Phi) is 3.35. The first-order chi connectivity index (χ1) is 11.6. The fourth-order valence-electron chi connectivity index (χ4n) is 2.98. The molecule has 0 saturated carbocycles. The highest BCUT2D eigenvalue weighted by molar-refractivity contribution is 6.08. The molecule has 1 aromatic heterocycles. The molecule has 0 bridgehead atoms. The van der Waals surface area contributed by atoms with Crippen LogP contribution in [-0.4, -0.2) is 5.97 Å². The molecule has 0 saturated heterocycles. The Morgan fingerprint density at radius 3 is 2.58 bits per heavy atom. The molecule has 24 heavy (non-hydrogen) atoms. The third-order valence-corrected chi connectivity index (χ3v) is 4.21. The minimum Gasteiger partial charge on any atom is -0.448 e. The van der Waals surface area contributed by atoms with Crippen LogP contribution in [0.15, 0.2) is 65.1 Å². The van der Waals surface area contributed by atoms with Gasteiger partial charge in [0.1, 0.15) is 11.3 Å². The Morgan fingerprint density at radius 2 is 1.75 bits per heavy atom. The van der Waals surface area contributed by atoms with E-state index in [1.165, 1.54) is 0 Å². The lowest BCUT2D eigenvalue weighted by molar-refractivity contribution is 0.0703. The molecule has 3 heteroatoms. The molecule has 0 fully saturated rings. The second-order valence-electron chi connectivity index (χ2n) is 5.93. The number of ether oxygens (including phenoxy) is 1. The van der Waals surface area contributed by atoms with Crippen LogP contribution in [0.5, 0.6) is 5.75 Å². The van der Waals surface area contributed by atoms with Crippen LogP contribution in [0.1, 0.15) is 21.7 Å². The molecule has 0 N–H and O–H groups in total. The van der Waals surface area contributed by atoms with Crippen molar-refractivity contribution in [2.24, 2.45) is 0 Å². The Hall–Kier alpha value is -3.07. The lowest BCUT2D eigenvalue weighted by atomic mass is 10.1. The van der Waals surface area contributed by atoms with E-state index >= 15 is 0 Å². The van der Waals surface area contributed by atoms with Crippen LogP contribution in [0.2, 0.25) is 0 Å². The first-order valence-electron chi connectivity index (χ1n) is 7.83. The van der Waals surface area contributed by atoms with Crippen molar-refractivity contribution < 1.29 is 13.9 Å². The Balaban J connectivity index is 1.80. The summed E-state index contributed by atoms with van der Waals surface area (Å²) in [6, 6.07) is 19.4. The van der Waals surface area contributed by atoms with Crippen LogP contribution >= 0.6 is 0 Å². The third kappa shape index (κ3) is 2.35. The minimum absolute atomic E-state index is 0.253. The number of aryl methyl sites for hydroxylation is 2. The lowest BCUT2D eigenvalue weighted by Crippen LogP contribution is -2.08. The van der Waals surface area contributed by atoms with Crippen molar-refractivity contribution in [1.29, 1.82) is 0 Å². The molecular weight excluding hydrogens is 300 g/mol. The van der Waals surface area contributed by atoms with Gasteiger partial charge in [-0.05, 0) is 36.9 Å². The molecule has 0 atom stereocenters. The van der Waals surface area contributed by atoms with E-state index in [-0.39, 0.29) is 5.76 Å². The molecule has 0 radical (unpaired) electrons. The molecule has 0 aliphatic carbocycles. The Morgan fingerprint density at radius 1 is 0.917 bits per heavy atom. The minimum atomic E-state index is -0.474. The molecule has 4 aromatic rings. The zero-order chi connectivity index (χ0) is 16.7. The van der Waals surface area contributed by atoms with Crippen molar-refractivity contribution >= 4 is 27.7 Å². The second kappa shape index (κ2) is 5.53. The predicted octanol–water partition coefficient (Wildman–Crippen LogP) is 5.42. The summed E-state index contributed by atoms with van der Waals surface area (Å²) in [5.41, 5.74) is 2.56. The number of esters is 1. The van der Waals surface area contributed by atoms with E-state index in [0.29, 0.717) is 5.75 Å². The number of rotatable bonds is 2. The van der Waals surface area contributed by atoms with Crippen LogP contribution in [0.4, 0.5) is 0 Å². The van der Waals surface area contributed by atoms with Crippen LogP contribution in [0, 0.1) is 13.8 Å². The van der Waals surface area contributed by atoms with Crippen molar-refractivity contribution in [2.45, 2.75) is 13.8 Å². The quantitative estimate of drug-likeness (QED) is 0.366. The molecule has 0 unspecified atom stereocenters. The number of carbonyl (C=O) groups excluding carboxylic acids is 1. The molecule has 0 aliphatic heterocycles. The molecule has 0 amide bonds. The van der Waals surface area contributed by atoms with Gasteiger partial charge in [-0.3, -0.25) is 0 Å². The fraction of sp³-hybridized carbons (Fsp3) is 0.0952. The molecule has 1 heterocycles. The maximum atomic E-state index is 12.5. The van der Waals surface area contributed by atoms with Crippen LogP contribution in [0.3, 0.4) is 0 Å². The van der Waals surface area contributed by atoms with Gasteiger partial charge < -0.3 is 9.15 Å². The van der Waals surface area contributed by atoms with Crippen molar-refractivity contribution in [2.75, 3.05) is 0 Å². The average Bonchev–Trinajstić information content (AvgIpc) is 2.92. The van der Waals surface area contributed by atoms with Gasteiger partial charge >= 0.3 is 5.97 Å². The van der Waals surface area contributed by atoms with Crippen molar-refractivity contribution in [3.63, 3.8) is 0 Å². The van der Waals surface area contributed by atoms with Crippen molar-refractivity contribution in [3.8, 4) is 5.75 Å². The van der Waals surface area contributed by atoms with E-state index in [1.54, 1.807) is 6.07 Å². The van der Waals surface area contributed by atoms with E-state index in [9.17, 15) is 4.79 Å². The topological polar surface area (TPSA) is 39.4 Å². The highest BCUT2D eigenvalue weighted by Gasteiger charge is 2.20. The summed E-state index contributed by atoms with van der Waals surface area (Å²) in [6.07, 6.45) is 0. The van der Waals surface area contributed by atoms with Gasteiger partial charge in [0.2, 0.25) is 5.76 Å². The number of hydrogen-bond acceptors (Lipinski definition) is 3. The summed E-state index contributed by atoms with van der Waals surface area (Å²) < 4.78 is 11.4. The molecule has 118 valence electrons. The molecular formula is C21H16O3. The van der Waals surface area contributed by atoms with Crippen LogP contribution < -0.4 is 4.74 Å². The van der Waals surface area contributed by atoms with E-state index in [0.717, 1.165) is 32.9 Å². The molecule has 0 spiro atoms. The number of hydrogen-bond donors (Lipinski definition) is 0. The zero-order valence-electron chi connectivity index (χ0n) is 13.5. The monoisotopic (exact) mass is 316 g/mol. The summed E-state index contributed by atoms with van der Waals surface area (Å²) in [5.74, 6) is 0.297. The smallest absolute Gasteiger partial charge is 0.379 e. The summed E-state index contributed by atoms with van der Waals surface area (Å²) in [5, 5.41) is 3.01.